The number of hydrogen-bond acceptors (Lipinski definition) is 4. The number of esters is 1. The SMILES string of the molecule is O=C(O)CC(OCc1ccccc1)c1ccccc1OC(=O)c1ccccc1. The van der Waals surface area contributed by atoms with E-state index in [1.807, 2.05) is 36.4 Å². The fourth-order valence-electron chi connectivity index (χ4n) is 2.76. The molecule has 5 heteroatoms. The van der Waals surface area contributed by atoms with Crippen LogP contribution in [0.3, 0.4) is 0 Å². The van der Waals surface area contributed by atoms with Crippen LogP contribution >= 0.6 is 0 Å². The van der Waals surface area contributed by atoms with Gasteiger partial charge in [0.05, 0.1) is 24.7 Å². The van der Waals surface area contributed by atoms with Crippen LogP contribution in [0.5, 0.6) is 5.75 Å². The number of hydrogen-bond donors (Lipinski definition) is 1. The predicted molar refractivity (Wildman–Crippen MR) is 104 cm³/mol. The van der Waals surface area contributed by atoms with Crippen molar-refractivity contribution in [3.05, 3.63) is 102 Å². The first-order valence-corrected chi connectivity index (χ1v) is 8.87. The van der Waals surface area contributed by atoms with Crippen LogP contribution in [0.15, 0.2) is 84.9 Å². The monoisotopic (exact) mass is 376 g/mol. The highest BCUT2D eigenvalue weighted by Gasteiger charge is 2.22. The van der Waals surface area contributed by atoms with Gasteiger partial charge in [0.25, 0.3) is 0 Å². The minimum atomic E-state index is -0.998. The van der Waals surface area contributed by atoms with Crippen molar-refractivity contribution in [3.63, 3.8) is 0 Å². The fraction of sp³-hybridized carbons (Fsp3) is 0.130. The van der Waals surface area contributed by atoms with Gasteiger partial charge in [0, 0.05) is 5.56 Å². The molecular weight excluding hydrogens is 356 g/mol. The van der Waals surface area contributed by atoms with Crippen molar-refractivity contribution in [2.24, 2.45) is 0 Å². The standard InChI is InChI=1S/C23H20O5/c24-22(25)15-21(27-16-17-9-3-1-4-10-17)19-13-7-8-14-20(19)28-23(26)18-11-5-2-6-12-18/h1-14,21H,15-16H2,(H,24,25). The number of carboxylic acid groups (broad SMARTS) is 1. The minimum Gasteiger partial charge on any atom is -0.481 e. The normalized spacial score (nSPS) is 11.6. The highest BCUT2D eigenvalue weighted by molar-refractivity contribution is 5.91. The van der Waals surface area contributed by atoms with E-state index < -0.39 is 18.0 Å². The third-order valence-electron chi connectivity index (χ3n) is 4.13. The van der Waals surface area contributed by atoms with Gasteiger partial charge in [-0.3, -0.25) is 4.79 Å². The van der Waals surface area contributed by atoms with Gasteiger partial charge in [-0.2, -0.15) is 0 Å². The number of rotatable bonds is 8. The van der Waals surface area contributed by atoms with Crippen LogP contribution in [0.4, 0.5) is 0 Å². The maximum atomic E-state index is 12.4. The number of carbonyl (C=O) groups is 2. The molecule has 0 radical (unpaired) electrons. The lowest BCUT2D eigenvalue weighted by Crippen LogP contribution is -2.14. The molecule has 0 fully saturated rings. The topological polar surface area (TPSA) is 72.8 Å². The first-order valence-electron chi connectivity index (χ1n) is 8.87. The molecule has 0 heterocycles. The van der Waals surface area contributed by atoms with Gasteiger partial charge in [-0.05, 0) is 23.8 Å². The lowest BCUT2D eigenvalue weighted by molar-refractivity contribution is -0.140. The summed E-state index contributed by atoms with van der Waals surface area (Å²) < 4.78 is 11.4. The summed E-state index contributed by atoms with van der Waals surface area (Å²) in [5.74, 6) is -1.22. The van der Waals surface area contributed by atoms with E-state index in [1.54, 1.807) is 48.5 Å². The molecule has 0 amide bonds. The third kappa shape index (κ3) is 5.28. The summed E-state index contributed by atoms with van der Waals surface area (Å²) in [5.41, 5.74) is 1.86. The second-order valence-corrected chi connectivity index (χ2v) is 6.18. The lowest BCUT2D eigenvalue weighted by Gasteiger charge is -2.19. The largest absolute Gasteiger partial charge is 0.481 e. The van der Waals surface area contributed by atoms with E-state index in [1.165, 1.54) is 0 Å². The molecule has 0 bridgehead atoms. The Morgan fingerprint density at radius 2 is 1.43 bits per heavy atom. The van der Waals surface area contributed by atoms with E-state index in [9.17, 15) is 14.7 Å². The van der Waals surface area contributed by atoms with Crippen molar-refractivity contribution in [3.8, 4) is 5.75 Å². The molecule has 1 N–H and O–H groups in total. The van der Waals surface area contributed by atoms with Crippen LogP contribution in [-0.4, -0.2) is 17.0 Å². The van der Waals surface area contributed by atoms with E-state index in [4.69, 9.17) is 9.47 Å². The van der Waals surface area contributed by atoms with E-state index >= 15 is 0 Å². The number of benzene rings is 3. The van der Waals surface area contributed by atoms with E-state index in [0.29, 0.717) is 11.1 Å². The maximum absolute atomic E-state index is 12.4. The van der Waals surface area contributed by atoms with Crippen LogP contribution < -0.4 is 4.74 Å². The van der Waals surface area contributed by atoms with Crippen LogP contribution in [0.1, 0.15) is 34.0 Å². The van der Waals surface area contributed by atoms with Gasteiger partial charge >= 0.3 is 11.9 Å². The number of aliphatic carboxylic acids is 1. The number of carboxylic acids is 1. The zero-order chi connectivity index (χ0) is 19.8. The molecule has 28 heavy (non-hydrogen) atoms. The molecule has 3 aromatic rings. The predicted octanol–water partition coefficient (Wildman–Crippen LogP) is 4.64. The van der Waals surface area contributed by atoms with Crippen molar-refractivity contribution in [1.82, 2.24) is 0 Å². The van der Waals surface area contributed by atoms with Crippen LogP contribution in [0, 0.1) is 0 Å². The molecule has 5 nitrogen and oxygen atoms in total. The molecule has 0 aliphatic rings. The summed E-state index contributed by atoms with van der Waals surface area (Å²) in [5, 5.41) is 9.31. The highest BCUT2D eigenvalue weighted by atomic mass is 16.5. The smallest absolute Gasteiger partial charge is 0.343 e. The van der Waals surface area contributed by atoms with Gasteiger partial charge in [-0.15, -0.1) is 0 Å². The average molecular weight is 376 g/mol. The minimum absolute atomic E-state index is 0.243. The van der Waals surface area contributed by atoms with Crippen molar-refractivity contribution in [1.29, 1.82) is 0 Å². The Morgan fingerprint density at radius 3 is 2.11 bits per heavy atom. The number of para-hydroxylation sites is 1. The van der Waals surface area contributed by atoms with Gasteiger partial charge in [-0.25, -0.2) is 4.79 Å². The first-order chi connectivity index (χ1) is 13.6. The number of ether oxygens (including phenoxy) is 2. The molecule has 0 saturated heterocycles. The Morgan fingerprint density at radius 1 is 0.821 bits per heavy atom. The first kappa shape index (κ1) is 19.3. The Hall–Kier alpha value is -3.44. The van der Waals surface area contributed by atoms with Crippen LogP contribution in [0.2, 0.25) is 0 Å². The summed E-state index contributed by atoms with van der Waals surface area (Å²) in [4.78, 5) is 23.8. The molecule has 0 aromatic heterocycles. The van der Waals surface area contributed by atoms with Crippen LogP contribution in [0.25, 0.3) is 0 Å². The molecule has 1 unspecified atom stereocenters. The molecule has 142 valence electrons. The van der Waals surface area contributed by atoms with Crippen molar-refractivity contribution >= 4 is 11.9 Å². The quantitative estimate of drug-likeness (QED) is 0.458. The summed E-state index contributed by atoms with van der Waals surface area (Å²) >= 11 is 0. The van der Waals surface area contributed by atoms with Crippen LogP contribution in [-0.2, 0) is 16.1 Å². The molecule has 3 rings (SSSR count). The molecule has 0 aliphatic carbocycles. The molecule has 0 spiro atoms. The molecular formula is C23H20O5. The van der Waals surface area contributed by atoms with Gasteiger partial charge in [0.2, 0.25) is 0 Å². The molecule has 0 aliphatic heterocycles. The Kier molecular flexibility index (Phi) is 6.54. The summed E-state index contributed by atoms with van der Waals surface area (Å²) in [6.07, 6.45) is -0.996. The van der Waals surface area contributed by atoms with E-state index in [-0.39, 0.29) is 18.8 Å². The third-order valence-corrected chi connectivity index (χ3v) is 4.13. The lowest BCUT2D eigenvalue weighted by atomic mass is 10.0. The Bertz CT molecular complexity index is 922. The summed E-state index contributed by atoms with van der Waals surface area (Å²) in [6, 6.07) is 24.9. The average Bonchev–Trinajstić information content (AvgIpc) is 2.73. The summed E-state index contributed by atoms with van der Waals surface area (Å²) in [6.45, 7) is 0.250. The highest BCUT2D eigenvalue weighted by Crippen LogP contribution is 2.31. The molecule has 0 saturated carbocycles. The molecule has 1 atom stereocenters. The van der Waals surface area contributed by atoms with Gasteiger partial charge < -0.3 is 14.6 Å². The maximum Gasteiger partial charge on any atom is 0.343 e. The zero-order valence-electron chi connectivity index (χ0n) is 15.2. The van der Waals surface area contributed by atoms with E-state index in [0.717, 1.165) is 5.56 Å². The second kappa shape index (κ2) is 9.48. The van der Waals surface area contributed by atoms with Gasteiger partial charge in [0.1, 0.15) is 5.75 Å². The summed E-state index contributed by atoms with van der Waals surface area (Å²) in [7, 11) is 0. The zero-order valence-corrected chi connectivity index (χ0v) is 15.2. The van der Waals surface area contributed by atoms with Crippen molar-refractivity contribution in [2.45, 2.75) is 19.1 Å². The van der Waals surface area contributed by atoms with E-state index in [2.05, 4.69) is 0 Å². The second-order valence-electron chi connectivity index (χ2n) is 6.18. The van der Waals surface area contributed by atoms with Crippen molar-refractivity contribution in [2.75, 3.05) is 0 Å². The Labute approximate surface area is 163 Å². The van der Waals surface area contributed by atoms with Gasteiger partial charge in [-0.1, -0.05) is 66.7 Å². The Balaban J connectivity index is 1.81. The fourth-order valence-corrected chi connectivity index (χ4v) is 2.76. The molecule has 3 aromatic carbocycles. The number of carbonyl (C=O) groups excluding carboxylic acids is 1. The van der Waals surface area contributed by atoms with Crippen molar-refractivity contribution < 1.29 is 24.2 Å². The van der Waals surface area contributed by atoms with Gasteiger partial charge in [0.15, 0.2) is 0 Å².